The summed E-state index contributed by atoms with van der Waals surface area (Å²) in [4.78, 5) is 13.5. The van der Waals surface area contributed by atoms with Crippen molar-refractivity contribution in [2.24, 2.45) is 13.0 Å². The third-order valence-electron chi connectivity index (χ3n) is 4.04. The van der Waals surface area contributed by atoms with Crippen LogP contribution in [0, 0.1) is 12.8 Å². The number of carbonyl (C=O) groups is 1. The zero-order chi connectivity index (χ0) is 15.0. The molecule has 0 aliphatic carbocycles. The van der Waals surface area contributed by atoms with Gasteiger partial charge in [0.1, 0.15) is 0 Å². The van der Waals surface area contributed by atoms with Gasteiger partial charge in [0.25, 0.3) is 0 Å². The van der Waals surface area contributed by atoms with E-state index >= 15 is 0 Å². The van der Waals surface area contributed by atoms with Gasteiger partial charge in [0, 0.05) is 19.3 Å². The van der Waals surface area contributed by atoms with Gasteiger partial charge in [-0.3, -0.25) is 9.48 Å². The van der Waals surface area contributed by atoms with E-state index in [1.807, 2.05) is 42.9 Å². The molecule has 1 aliphatic rings. The number of anilines is 1. The number of benzene rings is 1. The fourth-order valence-corrected chi connectivity index (χ4v) is 3.01. The zero-order valence-electron chi connectivity index (χ0n) is 12.3. The Bertz CT molecular complexity index is 678. The molecule has 110 valence electrons. The number of aromatic nitrogens is 2. The Hall–Kier alpha value is -2.30. The number of carboxylic acids is 1. The molecule has 3 rings (SSSR count). The highest BCUT2D eigenvalue weighted by Gasteiger charge is 2.29. The Morgan fingerprint density at radius 1 is 1.43 bits per heavy atom. The van der Waals surface area contributed by atoms with E-state index in [1.165, 1.54) is 0 Å². The number of hydrogen-bond donors (Lipinski definition) is 1. The van der Waals surface area contributed by atoms with Gasteiger partial charge in [-0.25, -0.2) is 0 Å². The van der Waals surface area contributed by atoms with E-state index in [2.05, 4.69) is 16.1 Å². The molecule has 1 atom stereocenters. The topological polar surface area (TPSA) is 58.4 Å². The zero-order valence-corrected chi connectivity index (χ0v) is 12.3. The Labute approximate surface area is 123 Å². The molecule has 1 aromatic heterocycles. The molecule has 2 aromatic rings. The van der Waals surface area contributed by atoms with Gasteiger partial charge in [0.05, 0.1) is 23.9 Å². The Kier molecular flexibility index (Phi) is 3.41. The lowest BCUT2D eigenvalue weighted by Crippen LogP contribution is -2.38. The maximum Gasteiger partial charge on any atom is 0.308 e. The second-order valence-corrected chi connectivity index (χ2v) is 5.65. The number of hydrogen-bond acceptors (Lipinski definition) is 3. The van der Waals surface area contributed by atoms with Gasteiger partial charge in [0.2, 0.25) is 0 Å². The van der Waals surface area contributed by atoms with Gasteiger partial charge >= 0.3 is 5.97 Å². The number of fused-ring (bicyclic) bond motifs is 1. The van der Waals surface area contributed by atoms with Gasteiger partial charge in [-0.15, -0.1) is 0 Å². The fraction of sp³-hybridized carbons (Fsp3) is 0.375. The highest BCUT2D eigenvalue weighted by molar-refractivity contribution is 5.73. The second kappa shape index (κ2) is 5.24. The number of aryl methyl sites for hydroxylation is 2. The van der Waals surface area contributed by atoms with Gasteiger partial charge in [0.15, 0.2) is 0 Å². The van der Waals surface area contributed by atoms with Crippen LogP contribution in [0.3, 0.4) is 0 Å². The van der Waals surface area contributed by atoms with Crippen LogP contribution in [0.4, 0.5) is 5.69 Å². The number of carboxylic acid groups (broad SMARTS) is 1. The van der Waals surface area contributed by atoms with Crippen LogP contribution in [0.2, 0.25) is 0 Å². The highest BCUT2D eigenvalue weighted by atomic mass is 16.4. The SMILES string of the molecule is Cc1cc(CN2CC(C(=O)O)Cc3ccccc32)n(C)n1. The summed E-state index contributed by atoms with van der Waals surface area (Å²) in [5.74, 6) is -1.08. The number of nitrogens with zero attached hydrogens (tertiary/aromatic N) is 3. The van der Waals surface area contributed by atoms with E-state index in [1.54, 1.807) is 0 Å². The molecule has 2 heterocycles. The van der Waals surface area contributed by atoms with E-state index in [0.29, 0.717) is 19.5 Å². The van der Waals surface area contributed by atoms with Crippen molar-refractivity contribution in [3.05, 3.63) is 47.3 Å². The fourth-order valence-electron chi connectivity index (χ4n) is 3.01. The maximum absolute atomic E-state index is 11.4. The van der Waals surface area contributed by atoms with Crippen LogP contribution in [0.1, 0.15) is 17.0 Å². The van der Waals surface area contributed by atoms with Crippen LogP contribution < -0.4 is 4.90 Å². The van der Waals surface area contributed by atoms with Crippen LogP contribution in [0.5, 0.6) is 0 Å². The standard InChI is InChI=1S/C16H19N3O2/c1-11-7-14(18(2)17-11)10-19-9-13(16(20)21)8-12-5-3-4-6-15(12)19/h3-7,13H,8-10H2,1-2H3,(H,20,21). The summed E-state index contributed by atoms with van der Waals surface area (Å²) in [6.45, 7) is 3.18. The van der Waals surface area contributed by atoms with Crippen molar-refractivity contribution >= 4 is 11.7 Å². The predicted octanol–water partition coefficient (Wildman–Crippen LogP) is 1.99. The molecule has 0 bridgehead atoms. The minimum atomic E-state index is -0.726. The maximum atomic E-state index is 11.4. The Morgan fingerprint density at radius 2 is 2.19 bits per heavy atom. The van der Waals surface area contributed by atoms with Crippen molar-refractivity contribution in [1.82, 2.24) is 9.78 Å². The van der Waals surface area contributed by atoms with Crippen LogP contribution in [0.15, 0.2) is 30.3 Å². The number of rotatable bonds is 3. The summed E-state index contributed by atoms with van der Waals surface area (Å²) in [5.41, 5.74) is 4.31. The lowest BCUT2D eigenvalue weighted by Gasteiger charge is -2.34. The van der Waals surface area contributed by atoms with Crippen LogP contribution in [0.25, 0.3) is 0 Å². The van der Waals surface area contributed by atoms with E-state index in [0.717, 1.165) is 22.6 Å². The number of para-hydroxylation sites is 1. The lowest BCUT2D eigenvalue weighted by molar-refractivity contribution is -0.141. The summed E-state index contributed by atoms with van der Waals surface area (Å²) < 4.78 is 1.86. The van der Waals surface area contributed by atoms with Crippen molar-refractivity contribution in [2.45, 2.75) is 19.9 Å². The predicted molar refractivity (Wildman–Crippen MR) is 80.3 cm³/mol. The normalized spacial score (nSPS) is 17.6. The second-order valence-electron chi connectivity index (χ2n) is 5.65. The van der Waals surface area contributed by atoms with Crippen molar-refractivity contribution in [2.75, 3.05) is 11.4 Å². The molecule has 5 nitrogen and oxygen atoms in total. The summed E-state index contributed by atoms with van der Waals surface area (Å²) in [6.07, 6.45) is 0.604. The third-order valence-corrected chi connectivity index (χ3v) is 4.04. The quantitative estimate of drug-likeness (QED) is 0.937. The van der Waals surface area contributed by atoms with E-state index < -0.39 is 5.97 Å². The first-order valence-corrected chi connectivity index (χ1v) is 7.10. The number of aliphatic carboxylic acids is 1. The van der Waals surface area contributed by atoms with Gasteiger partial charge in [-0.1, -0.05) is 18.2 Å². The van der Waals surface area contributed by atoms with Crippen molar-refractivity contribution in [3.63, 3.8) is 0 Å². The Morgan fingerprint density at radius 3 is 2.86 bits per heavy atom. The summed E-state index contributed by atoms with van der Waals surface area (Å²) in [7, 11) is 1.92. The largest absolute Gasteiger partial charge is 0.481 e. The molecule has 21 heavy (non-hydrogen) atoms. The smallest absolute Gasteiger partial charge is 0.308 e. The first-order valence-electron chi connectivity index (χ1n) is 7.10. The average molecular weight is 285 g/mol. The van der Waals surface area contributed by atoms with Crippen molar-refractivity contribution < 1.29 is 9.90 Å². The molecule has 0 saturated heterocycles. The lowest BCUT2D eigenvalue weighted by atomic mass is 9.92. The molecule has 0 radical (unpaired) electrons. The Balaban J connectivity index is 1.93. The van der Waals surface area contributed by atoms with Gasteiger partial charge in [-0.05, 0) is 31.0 Å². The minimum Gasteiger partial charge on any atom is -0.481 e. The average Bonchev–Trinajstić information content (AvgIpc) is 2.76. The van der Waals surface area contributed by atoms with Crippen molar-refractivity contribution in [3.8, 4) is 0 Å². The summed E-state index contributed by atoms with van der Waals surface area (Å²) >= 11 is 0. The van der Waals surface area contributed by atoms with Crippen LogP contribution >= 0.6 is 0 Å². The summed E-state index contributed by atoms with van der Waals surface area (Å²) in [6, 6.07) is 10.1. The van der Waals surface area contributed by atoms with E-state index in [-0.39, 0.29) is 5.92 Å². The van der Waals surface area contributed by atoms with Crippen LogP contribution in [-0.4, -0.2) is 27.4 Å². The molecule has 0 amide bonds. The molecule has 0 spiro atoms. The molecule has 0 saturated carbocycles. The highest BCUT2D eigenvalue weighted by Crippen LogP contribution is 2.30. The first-order chi connectivity index (χ1) is 10.0. The van der Waals surface area contributed by atoms with Gasteiger partial charge < -0.3 is 10.0 Å². The molecular weight excluding hydrogens is 266 g/mol. The molecule has 0 fully saturated rings. The van der Waals surface area contributed by atoms with Crippen LogP contribution in [-0.2, 0) is 24.8 Å². The summed E-state index contributed by atoms with van der Waals surface area (Å²) in [5, 5.41) is 13.7. The third kappa shape index (κ3) is 2.63. The van der Waals surface area contributed by atoms with E-state index in [4.69, 9.17) is 0 Å². The first kappa shape index (κ1) is 13.7. The van der Waals surface area contributed by atoms with E-state index in [9.17, 15) is 9.90 Å². The molecule has 1 unspecified atom stereocenters. The molecule has 5 heteroatoms. The molecule has 1 aromatic carbocycles. The molecule has 1 aliphatic heterocycles. The van der Waals surface area contributed by atoms with Gasteiger partial charge in [-0.2, -0.15) is 5.10 Å². The monoisotopic (exact) mass is 285 g/mol. The van der Waals surface area contributed by atoms with Crippen molar-refractivity contribution in [1.29, 1.82) is 0 Å². The minimum absolute atomic E-state index is 0.353. The molecular formula is C16H19N3O2. The molecule has 1 N–H and O–H groups in total.